The standard InChI is InChI=1S/C28H33ClFN5O2/c1-5-37-26-18-25-22(27(32-19-31-25)33-21-6-7-24(30)23(29)17-21)16-20(26)8-9-28(2,3)35-12-10-34(11-13-35)14-15-36-4/h6-7,16-19H,5,10-15H2,1-4H3,(H,31,32,33). The molecule has 0 unspecified atom stereocenters. The lowest BCUT2D eigenvalue weighted by Crippen LogP contribution is -2.54. The Kier molecular flexibility index (Phi) is 8.83. The third-order valence-corrected chi connectivity index (χ3v) is 6.79. The maximum absolute atomic E-state index is 13.6. The van der Waals surface area contributed by atoms with Crippen molar-refractivity contribution in [3.63, 3.8) is 0 Å². The zero-order valence-electron chi connectivity index (χ0n) is 21.8. The van der Waals surface area contributed by atoms with Crippen LogP contribution in [0.15, 0.2) is 36.7 Å². The lowest BCUT2D eigenvalue weighted by atomic mass is 10.0. The number of aromatic nitrogens is 2. The summed E-state index contributed by atoms with van der Waals surface area (Å²) in [6, 6.07) is 8.28. The van der Waals surface area contributed by atoms with Crippen molar-refractivity contribution in [3.8, 4) is 17.6 Å². The number of rotatable bonds is 8. The third-order valence-electron chi connectivity index (χ3n) is 6.50. The van der Waals surface area contributed by atoms with Crippen molar-refractivity contribution < 1.29 is 13.9 Å². The van der Waals surface area contributed by atoms with E-state index in [0.29, 0.717) is 29.4 Å². The van der Waals surface area contributed by atoms with E-state index in [1.165, 1.54) is 18.5 Å². The molecular weight excluding hydrogens is 493 g/mol. The predicted octanol–water partition coefficient (Wildman–Crippen LogP) is 4.96. The van der Waals surface area contributed by atoms with E-state index in [-0.39, 0.29) is 10.6 Å². The summed E-state index contributed by atoms with van der Waals surface area (Å²) in [5.41, 5.74) is 1.78. The molecule has 196 valence electrons. The van der Waals surface area contributed by atoms with Gasteiger partial charge in [-0.15, -0.1) is 0 Å². The zero-order valence-corrected chi connectivity index (χ0v) is 22.5. The zero-order chi connectivity index (χ0) is 26.4. The fourth-order valence-corrected chi connectivity index (χ4v) is 4.50. The van der Waals surface area contributed by atoms with Crippen LogP contribution < -0.4 is 10.1 Å². The fourth-order valence-electron chi connectivity index (χ4n) is 4.32. The average Bonchev–Trinajstić information content (AvgIpc) is 2.89. The summed E-state index contributed by atoms with van der Waals surface area (Å²) < 4.78 is 24.8. The van der Waals surface area contributed by atoms with Crippen LogP contribution >= 0.6 is 11.6 Å². The highest BCUT2D eigenvalue weighted by molar-refractivity contribution is 6.31. The normalized spacial score (nSPS) is 14.9. The fraction of sp³-hybridized carbons (Fsp3) is 0.429. The lowest BCUT2D eigenvalue weighted by molar-refractivity contribution is 0.0638. The highest BCUT2D eigenvalue weighted by Crippen LogP contribution is 2.31. The van der Waals surface area contributed by atoms with Crippen LogP contribution in [0.5, 0.6) is 5.75 Å². The van der Waals surface area contributed by atoms with Crippen LogP contribution in [0.25, 0.3) is 10.9 Å². The molecule has 1 aliphatic rings. The molecule has 4 rings (SSSR count). The van der Waals surface area contributed by atoms with E-state index >= 15 is 0 Å². The van der Waals surface area contributed by atoms with E-state index in [2.05, 4.69) is 50.8 Å². The Morgan fingerprint density at radius 3 is 2.62 bits per heavy atom. The van der Waals surface area contributed by atoms with Gasteiger partial charge in [-0.2, -0.15) is 0 Å². The predicted molar refractivity (Wildman–Crippen MR) is 146 cm³/mol. The number of ether oxygens (including phenoxy) is 2. The van der Waals surface area contributed by atoms with Gasteiger partial charge in [-0.1, -0.05) is 23.4 Å². The number of fused-ring (bicyclic) bond motifs is 1. The molecule has 1 aromatic heterocycles. The topological polar surface area (TPSA) is 62.8 Å². The largest absolute Gasteiger partial charge is 0.492 e. The van der Waals surface area contributed by atoms with Crippen molar-refractivity contribution in [3.05, 3.63) is 53.1 Å². The molecule has 9 heteroatoms. The molecule has 0 bridgehead atoms. The molecule has 1 fully saturated rings. The Morgan fingerprint density at radius 2 is 1.92 bits per heavy atom. The number of hydrogen-bond acceptors (Lipinski definition) is 7. The van der Waals surface area contributed by atoms with Gasteiger partial charge >= 0.3 is 0 Å². The van der Waals surface area contributed by atoms with E-state index < -0.39 is 5.82 Å². The molecule has 2 aromatic carbocycles. The monoisotopic (exact) mass is 525 g/mol. The van der Waals surface area contributed by atoms with Gasteiger partial charge in [0, 0.05) is 57.0 Å². The second-order valence-corrected chi connectivity index (χ2v) is 9.81. The van der Waals surface area contributed by atoms with Crippen LogP contribution in [0, 0.1) is 17.7 Å². The molecule has 1 N–H and O–H groups in total. The van der Waals surface area contributed by atoms with E-state index in [0.717, 1.165) is 50.3 Å². The number of anilines is 2. The van der Waals surface area contributed by atoms with Crippen molar-refractivity contribution in [2.24, 2.45) is 0 Å². The first-order valence-corrected chi connectivity index (χ1v) is 12.8. The number of methoxy groups -OCH3 is 1. The number of nitrogens with zero attached hydrogens (tertiary/aromatic N) is 4. The number of halogens is 2. The molecule has 0 spiro atoms. The van der Waals surface area contributed by atoms with Crippen LogP contribution in [0.4, 0.5) is 15.9 Å². The molecule has 0 amide bonds. The van der Waals surface area contributed by atoms with Gasteiger partial charge in [0.05, 0.1) is 34.9 Å². The average molecular weight is 526 g/mol. The summed E-state index contributed by atoms with van der Waals surface area (Å²) in [4.78, 5) is 13.7. The van der Waals surface area contributed by atoms with Crippen LogP contribution in [0.2, 0.25) is 5.02 Å². The van der Waals surface area contributed by atoms with E-state index in [4.69, 9.17) is 21.1 Å². The molecule has 1 aliphatic heterocycles. The van der Waals surface area contributed by atoms with Crippen LogP contribution in [0.1, 0.15) is 26.3 Å². The van der Waals surface area contributed by atoms with Crippen molar-refractivity contribution in [1.29, 1.82) is 0 Å². The second kappa shape index (κ2) is 12.1. The number of hydrogen-bond donors (Lipinski definition) is 1. The number of nitrogens with one attached hydrogen (secondary N) is 1. The molecule has 37 heavy (non-hydrogen) atoms. The van der Waals surface area contributed by atoms with Crippen LogP contribution in [-0.4, -0.2) is 78.4 Å². The minimum atomic E-state index is -0.474. The Balaban J connectivity index is 1.62. The van der Waals surface area contributed by atoms with Gasteiger partial charge in [-0.25, -0.2) is 14.4 Å². The van der Waals surface area contributed by atoms with Crippen molar-refractivity contribution in [1.82, 2.24) is 19.8 Å². The maximum Gasteiger partial charge on any atom is 0.141 e. The molecule has 0 radical (unpaired) electrons. The highest BCUT2D eigenvalue weighted by atomic mass is 35.5. The van der Waals surface area contributed by atoms with Gasteiger partial charge in [-0.3, -0.25) is 9.80 Å². The number of benzene rings is 2. The van der Waals surface area contributed by atoms with Gasteiger partial charge in [0.2, 0.25) is 0 Å². The number of piperazine rings is 1. The highest BCUT2D eigenvalue weighted by Gasteiger charge is 2.28. The quantitative estimate of drug-likeness (QED) is 0.417. The molecule has 2 heterocycles. The Hall–Kier alpha value is -2.96. The first-order valence-electron chi connectivity index (χ1n) is 12.4. The van der Waals surface area contributed by atoms with Gasteiger partial charge < -0.3 is 14.8 Å². The Morgan fingerprint density at radius 1 is 1.14 bits per heavy atom. The van der Waals surface area contributed by atoms with Gasteiger partial charge in [0.15, 0.2) is 0 Å². The Labute approximate surface area is 222 Å². The molecule has 0 atom stereocenters. The van der Waals surface area contributed by atoms with Gasteiger partial charge in [-0.05, 0) is 45.0 Å². The SMILES string of the molecule is CCOc1cc2ncnc(Nc3ccc(F)c(Cl)c3)c2cc1C#CC(C)(C)N1CCN(CCOC)CC1. The van der Waals surface area contributed by atoms with E-state index in [1.54, 1.807) is 13.2 Å². The van der Waals surface area contributed by atoms with Crippen molar-refractivity contribution in [2.75, 3.05) is 58.4 Å². The molecule has 7 nitrogen and oxygen atoms in total. The van der Waals surface area contributed by atoms with E-state index in [1.807, 2.05) is 19.1 Å². The summed E-state index contributed by atoms with van der Waals surface area (Å²) in [6.45, 7) is 12.3. The third kappa shape index (κ3) is 6.68. The minimum Gasteiger partial charge on any atom is -0.492 e. The first-order chi connectivity index (χ1) is 17.8. The van der Waals surface area contributed by atoms with Crippen molar-refractivity contribution in [2.45, 2.75) is 26.3 Å². The lowest BCUT2D eigenvalue weighted by Gasteiger charge is -2.41. The van der Waals surface area contributed by atoms with Crippen LogP contribution in [-0.2, 0) is 4.74 Å². The summed E-state index contributed by atoms with van der Waals surface area (Å²) >= 11 is 5.96. The molecule has 0 aliphatic carbocycles. The Bertz CT molecular complexity index is 1300. The summed E-state index contributed by atoms with van der Waals surface area (Å²) in [6.07, 6.45) is 1.48. The molecule has 3 aromatic rings. The molecule has 0 saturated carbocycles. The summed E-state index contributed by atoms with van der Waals surface area (Å²) in [7, 11) is 1.74. The van der Waals surface area contributed by atoms with Crippen LogP contribution in [0.3, 0.4) is 0 Å². The smallest absolute Gasteiger partial charge is 0.141 e. The minimum absolute atomic E-state index is 0.0373. The first kappa shape index (κ1) is 27.1. The molecule has 1 saturated heterocycles. The summed E-state index contributed by atoms with van der Waals surface area (Å²) in [5.74, 6) is 7.64. The van der Waals surface area contributed by atoms with Gasteiger partial charge in [0.25, 0.3) is 0 Å². The van der Waals surface area contributed by atoms with E-state index in [9.17, 15) is 4.39 Å². The van der Waals surface area contributed by atoms with Gasteiger partial charge in [0.1, 0.15) is 23.7 Å². The summed E-state index contributed by atoms with van der Waals surface area (Å²) in [5, 5.41) is 4.04. The maximum atomic E-state index is 13.6. The molecular formula is C28H33ClFN5O2. The van der Waals surface area contributed by atoms with Crippen molar-refractivity contribution >= 4 is 34.0 Å². The second-order valence-electron chi connectivity index (χ2n) is 9.41.